The molecule has 0 aromatic heterocycles. The van der Waals surface area contributed by atoms with Crippen LogP contribution in [-0.2, 0) is 23.9 Å². The van der Waals surface area contributed by atoms with E-state index < -0.39 is 41.6 Å². The number of carbonyl (C=O) groups excluding carboxylic acids is 4. The Morgan fingerprint density at radius 3 is 2.32 bits per heavy atom. The summed E-state index contributed by atoms with van der Waals surface area (Å²) in [6.45, 7) is 7.09. The van der Waals surface area contributed by atoms with Gasteiger partial charge in [0.05, 0.1) is 7.11 Å². The second kappa shape index (κ2) is 15.8. The van der Waals surface area contributed by atoms with Crippen LogP contribution in [0, 0.1) is 12.3 Å². The second-order valence-corrected chi connectivity index (χ2v) is 10.3. The van der Waals surface area contributed by atoms with Crippen molar-refractivity contribution < 1.29 is 28.7 Å². The fourth-order valence-corrected chi connectivity index (χ4v) is 3.87. The number of methoxy groups -OCH3 is 1. The third kappa shape index (κ3) is 11.2. The van der Waals surface area contributed by atoms with E-state index in [9.17, 15) is 19.2 Å². The van der Waals surface area contributed by atoms with Crippen molar-refractivity contribution in [3.05, 3.63) is 35.4 Å². The van der Waals surface area contributed by atoms with E-state index >= 15 is 0 Å². The van der Waals surface area contributed by atoms with Gasteiger partial charge in [-0.25, -0.2) is 4.79 Å². The van der Waals surface area contributed by atoms with Gasteiger partial charge < -0.3 is 25.0 Å². The maximum absolute atomic E-state index is 13.9. The number of carbonyl (C=O) groups is 4. The first kappa shape index (κ1) is 31.8. The Labute approximate surface area is 224 Å². The summed E-state index contributed by atoms with van der Waals surface area (Å²) in [6.07, 6.45) is 8.40. The lowest BCUT2D eigenvalue weighted by atomic mass is 10.0. The van der Waals surface area contributed by atoms with Gasteiger partial charge in [0.1, 0.15) is 24.2 Å². The van der Waals surface area contributed by atoms with Crippen LogP contribution in [0.25, 0.3) is 0 Å². The quantitative estimate of drug-likeness (QED) is 0.295. The van der Waals surface area contributed by atoms with Gasteiger partial charge >= 0.3 is 12.1 Å². The number of esters is 1. The molecule has 2 unspecified atom stereocenters. The molecule has 2 N–H and O–H groups in total. The van der Waals surface area contributed by atoms with E-state index in [1.165, 1.54) is 23.8 Å². The minimum Gasteiger partial charge on any atom is -0.468 e. The summed E-state index contributed by atoms with van der Waals surface area (Å²) in [7, 11) is 1.22. The molecule has 1 aromatic carbocycles. The van der Waals surface area contributed by atoms with Crippen LogP contribution in [0.4, 0.5) is 4.79 Å². The van der Waals surface area contributed by atoms with Crippen molar-refractivity contribution >= 4 is 35.6 Å². The summed E-state index contributed by atoms with van der Waals surface area (Å²) in [4.78, 5) is 53.0. The van der Waals surface area contributed by atoms with Crippen LogP contribution >= 0.6 is 11.8 Å². The fourth-order valence-electron chi connectivity index (χ4n) is 3.40. The zero-order valence-electron chi connectivity index (χ0n) is 22.6. The Hall–Kier alpha value is -3.19. The van der Waals surface area contributed by atoms with Gasteiger partial charge in [-0.3, -0.25) is 14.4 Å². The van der Waals surface area contributed by atoms with Crippen molar-refractivity contribution in [2.24, 2.45) is 0 Å². The van der Waals surface area contributed by atoms with Gasteiger partial charge in [0.25, 0.3) is 0 Å². The molecule has 0 aliphatic carbocycles. The average Bonchev–Trinajstić information content (AvgIpc) is 2.85. The largest absolute Gasteiger partial charge is 0.468 e. The molecule has 0 spiro atoms. The van der Waals surface area contributed by atoms with E-state index in [4.69, 9.17) is 11.2 Å². The first-order valence-corrected chi connectivity index (χ1v) is 13.6. The molecule has 10 heteroatoms. The van der Waals surface area contributed by atoms with E-state index in [-0.39, 0.29) is 13.1 Å². The number of terminal acetylenes is 1. The van der Waals surface area contributed by atoms with E-state index in [0.717, 1.165) is 6.42 Å². The molecule has 0 aliphatic rings. The van der Waals surface area contributed by atoms with Crippen LogP contribution in [0.1, 0.15) is 64.1 Å². The third-order valence-corrected chi connectivity index (χ3v) is 5.87. The lowest BCUT2D eigenvalue weighted by Gasteiger charge is -2.34. The molecular formula is C27H39N3O6S. The van der Waals surface area contributed by atoms with Crippen molar-refractivity contribution in [2.75, 3.05) is 32.2 Å². The van der Waals surface area contributed by atoms with Crippen LogP contribution in [0.3, 0.4) is 0 Å². The van der Waals surface area contributed by atoms with Gasteiger partial charge in [-0.05, 0) is 63.3 Å². The minimum atomic E-state index is -1.06. The number of alkyl carbamates (subject to hydrolysis) is 1. The highest BCUT2D eigenvalue weighted by Gasteiger charge is 2.36. The number of rotatable bonds is 13. The lowest BCUT2D eigenvalue weighted by molar-refractivity contribution is -0.144. The summed E-state index contributed by atoms with van der Waals surface area (Å²) in [5.74, 6) is 1.54. The Morgan fingerprint density at radius 2 is 1.81 bits per heavy atom. The van der Waals surface area contributed by atoms with Crippen LogP contribution < -0.4 is 10.6 Å². The monoisotopic (exact) mass is 533 g/mol. The zero-order valence-corrected chi connectivity index (χ0v) is 23.4. The number of ether oxygens (including phenoxy) is 2. The SMILES string of the molecule is C#Cc1ccc(C(C(=O)NCC(=O)OC)N(CCCC)C(=O)C(CCSC)NC(=O)OC(C)(C)C)cc1. The maximum atomic E-state index is 13.9. The predicted octanol–water partition coefficient (Wildman–Crippen LogP) is 3.27. The Kier molecular flexibility index (Phi) is 13.6. The standard InChI is InChI=1S/C27H39N3O6S/c1-8-10-16-30(25(33)21(15-17-37-7)29-26(34)36-27(3,4)5)23(24(32)28-18-22(31)35-6)20-13-11-19(9-2)12-14-20/h2,11-14,21,23H,8,10,15-18H2,1,3-7H3,(H,28,32)(H,29,34). The number of nitrogens with one attached hydrogen (secondary N) is 2. The summed E-state index contributed by atoms with van der Waals surface area (Å²) in [6, 6.07) is 4.75. The highest BCUT2D eigenvalue weighted by atomic mass is 32.2. The van der Waals surface area contributed by atoms with Gasteiger partial charge in [-0.1, -0.05) is 31.4 Å². The molecule has 0 aliphatic heterocycles. The molecule has 0 saturated heterocycles. The predicted molar refractivity (Wildman–Crippen MR) is 145 cm³/mol. The molecule has 0 fully saturated rings. The van der Waals surface area contributed by atoms with Crippen molar-refractivity contribution in [2.45, 2.75) is 64.6 Å². The van der Waals surface area contributed by atoms with Gasteiger partial charge in [0, 0.05) is 12.1 Å². The molecule has 0 bridgehead atoms. The highest BCUT2D eigenvalue weighted by molar-refractivity contribution is 7.98. The number of thioether (sulfide) groups is 1. The average molecular weight is 534 g/mol. The van der Waals surface area contributed by atoms with Crippen LogP contribution in [0.15, 0.2) is 24.3 Å². The topological polar surface area (TPSA) is 114 Å². The molecule has 204 valence electrons. The van der Waals surface area contributed by atoms with Crippen LogP contribution in [-0.4, -0.2) is 72.6 Å². The summed E-state index contributed by atoms with van der Waals surface area (Å²) >= 11 is 1.53. The number of nitrogens with zero attached hydrogens (tertiary/aromatic N) is 1. The Morgan fingerprint density at radius 1 is 1.16 bits per heavy atom. The summed E-state index contributed by atoms with van der Waals surface area (Å²) in [5, 5.41) is 5.25. The third-order valence-electron chi connectivity index (χ3n) is 5.22. The Balaban J connectivity index is 3.45. The number of unbranched alkanes of at least 4 members (excludes halogenated alkanes) is 1. The number of amides is 3. The molecule has 3 amide bonds. The van der Waals surface area contributed by atoms with Crippen molar-refractivity contribution in [1.82, 2.24) is 15.5 Å². The van der Waals surface area contributed by atoms with Gasteiger partial charge in [-0.2, -0.15) is 11.8 Å². The van der Waals surface area contributed by atoms with Crippen molar-refractivity contribution in [3.8, 4) is 12.3 Å². The zero-order chi connectivity index (χ0) is 28.0. The molecule has 1 aromatic rings. The van der Waals surface area contributed by atoms with E-state index in [1.54, 1.807) is 45.0 Å². The van der Waals surface area contributed by atoms with E-state index in [2.05, 4.69) is 21.3 Å². The molecule has 0 heterocycles. The first-order valence-electron chi connectivity index (χ1n) is 12.2. The molecule has 37 heavy (non-hydrogen) atoms. The summed E-state index contributed by atoms with van der Waals surface area (Å²) in [5.41, 5.74) is 0.397. The van der Waals surface area contributed by atoms with Gasteiger partial charge in [0.2, 0.25) is 11.8 Å². The van der Waals surface area contributed by atoms with E-state index in [0.29, 0.717) is 29.7 Å². The number of benzene rings is 1. The fraction of sp³-hybridized carbons (Fsp3) is 0.556. The number of hydrogen-bond donors (Lipinski definition) is 2. The van der Waals surface area contributed by atoms with E-state index in [1.807, 2.05) is 13.2 Å². The minimum absolute atomic E-state index is 0.258. The molecule has 2 atom stereocenters. The normalized spacial score (nSPS) is 12.5. The Bertz CT molecular complexity index is 952. The molecule has 1 rings (SSSR count). The molecular weight excluding hydrogens is 494 g/mol. The first-order chi connectivity index (χ1) is 17.5. The van der Waals surface area contributed by atoms with Gasteiger partial charge in [0.15, 0.2) is 0 Å². The van der Waals surface area contributed by atoms with Crippen molar-refractivity contribution in [1.29, 1.82) is 0 Å². The van der Waals surface area contributed by atoms with Crippen molar-refractivity contribution in [3.63, 3.8) is 0 Å². The molecule has 0 radical (unpaired) electrons. The lowest BCUT2D eigenvalue weighted by Crippen LogP contribution is -2.53. The molecule has 0 saturated carbocycles. The van der Waals surface area contributed by atoms with Crippen LogP contribution in [0.2, 0.25) is 0 Å². The maximum Gasteiger partial charge on any atom is 0.408 e. The highest BCUT2D eigenvalue weighted by Crippen LogP contribution is 2.24. The van der Waals surface area contributed by atoms with Gasteiger partial charge in [-0.15, -0.1) is 6.42 Å². The number of hydrogen-bond acceptors (Lipinski definition) is 7. The van der Waals surface area contributed by atoms with Crippen LogP contribution in [0.5, 0.6) is 0 Å². The second-order valence-electron chi connectivity index (χ2n) is 9.33. The summed E-state index contributed by atoms with van der Waals surface area (Å²) < 4.78 is 10.0. The smallest absolute Gasteiger partial charge is 0.408 e. The molecule has 9 nitrogen and oxygen atoms in total.